The number of nitrogens with two attached hydrogens (primary N) is 1. The molecular formula is C12H15ClN2O3S. The third-order valence-electron chi connectivity index (χ3n) is 3.24. The van der Waals surface area contributed by atoms with Gasteiger partial charge in [0.05, 0.1) is 22.2 Å². The molecule has 0 radical (unpaired) electrons. The molecule has 1 fully saturated rings. The Bertz CT molecular complexity index is 603. The fourth-order valence-corrected chi connectivity index (χ4v) is 4.31. The number of primary amides is 1. The summed E-state index contributed by atoms with van der Waals surface area (Å²) in [6.07, 6.45) is 0.787. The number of nitrogens with one attached hydrogen (secondary N) is 1. The second kappa shape index (κ2) is 5.02. The summed E-state index contributed by atoms with van der Waals surface area (Å²) >= 11 is 6.02. The van der Waals surface area contributed by atoms with Gasteiger partial charge in [-0.1, -0.05) is 23.7 Å². The van der Waals surface area contributed by atoms with Crippen molar-refractivity contribution < 1.29 is 13.2 Å². The molecule has 1 amide bonds. The summed E-state index contributed by atoms with van der Waals surface area (Å²) in [5.74, 6) is -0.872. The van der Waals surface area contributed by atoms with Crippen LogP contribution < -0.4 is 11.1 Å². The Hall–Kier alpha value is -1.27. The van der Waals surface area contributed by atoms with Crippen molar-refractivity contribution in [3.8, 4) is 0 Å². The maximum Gasteiger partial charge on any atom is 0.244 e. The van der Waals surface area contributed by atoms with E-state index in [0.717, 1.165) is 0 Å². The molecule has 1 aliphatic heterocycles. The van der Waals surface area contributed by atoms with Gasteiger partial charge in [-0.15, -0.1) is 0 Å². The van der Waals surface area contributed by atoms with Crippen molar-refractivity contribution in [2.75, 3.05) is 16.8 Å². The smallest absolute Gasteiger partial charge is 0.244 e. The molecule has 1 aromatic rings. The van der Waals surface area contributed by atoms with Crippen molar-refractivity contribution in [1.82, 2.24) is 0 Å². The molecule has 0 saturated carbocycles. The molecular weight excluding hydrogens is 288 g/mol. The van der Waals surface area contributed by atoms with Gasteiger partial charge in [-0.05, 0) is 25.0 Å². The van der Waals surface area contributed by atoms with Crippen molar-refractivity contribution in [2.45, 2.75) is 18.4 Å². The normalized spacial score (nSPS) is 25.7. The lowest BCUT2D eigenvalue weighted by molar-refractivity contribution is -0.122. The number of hydrogen-bond acceptors (Lipinski definition) is 4. The number of carbonyl (C=O) groups is 1. The van der Waals surface area contributed by atoms with E-state index < -0.39 is 21.3 Å². The Kier molecular flexibility index (Phi) is 3.73. The first-order valence-corrected chi connectivity index (χ1v) is 8.08. The van der Waals surface area contributed by atoms with Crippen LogP contribution in [0.4, 0.5) is 5.69 Å². The molecule has 5 nitrogen and oxygen atoms in total. The van der Waals surface area contributed by atoms with Crippen LogP contribution in [-0.4, -0.2) is 31.4 Å². The highest BCUT2D eigenvalue weighted by molar-refractivity contribution is 7.91. The quantitative estimate of drug-likeness (QED) is 0.877. The van der Waals surface area contributed by atoms with E-state index in [4.69, 9.17) is 17.3 Å². The van der Waals surface area contributed by atoms with E-state index >= 15 is 0 Å². The minimum atomic E-state index is -3.27. The molecule has 7 heteroatoms. The van der Waals surface area contributed by atoms with Gasteiger partial charge < -0.3 is 11.1 Å². The van der Waals surface area contributed by atoms with Gasteiger partial charge >= 0.3 is 0 Å². The van der Waals surface area contributed by atoms with Crippen LogP contribution in [0.2, 0.25) is 5.02 Å². The Morgan fingerprint density at radius 3 is 2.63 bits per heavy atom. The lowest BCUT2D eigenvalue weighted by Crippen LogP contribution is -2.57. The van der Waals surface area contributed by atoms with E-state index in [-0.39, 0.29) is 11.5 Å². The Labute approximate surface area is 117 Å². The molecule has 3 N–H and O–H groups in total. The summed E-state index contributed by atoms with van der Waals surface area (Å²) < 4.78 is 23.5. The van der Waals surface area contributed by atoms with Crippen molar-refractivity contribution in [3.05, 3.63) is 29.3 Å². The summed E-state index contributed by atoms with van der Waals surface area (Å²) in [5.41, 5.74) is 4.65. The molecule has 1 unspecified atom stereocenters. The van der Waals surface area contributed by atoms with Gasteiger partial charge in [0.1, 0.15) is 5.54 Å². The molecule has 1 atom stereocenters. The van der Waals surface area contributed by atoms with Crippen LogP contribution in [-0.2, 0) is 14.6 Å². The number of carbonyl (C=O) groups excluding carboxylic acids is 1. The van der Waals surface area contributed by atoms with Crippen LogP contribution >= 0.6 is 11.6 Å². The first-order chi connectivity index (χ1) is 8.85. The molecule has 0 spiro atoms. The molecule has 0 bridgehead atoms. The topological polar surface area (TPSA) is 89.3 Å². The van der Waals surface area contributed by atoms with E-state index in [1.54, 1.807) is 24.3 Å². The number of para-hydroxylation sites is 1. The summed E-state index contributed by atoms with van der Waals surface area (Å²) in [6, 6.07) is 6.85. The predicted octanol–water partition coefficient (Wildman–Crippen LogP) is 1.18. The van der Waals surface area contributed by atoms with E-state index in [2.05, 4.69) is 5.32 Å². The van der Waals surface area contributed by atoms with Gasteiger partial charge in [-0.25, -0.2) is 8.42 Å². The van der Waals surface area contributed by atoms with Crippen molar-refractivity contribution in [3.63, 3.8) is 0 Å². The fraction of sp³-hybridized carbons (Fsp3) is 0.417. The Balaban J connectivity index is 2.36. The van der Waals surface area contributed by atoms with Crippen LogP contribution in [0.5, 0.6) is 0 Å². The van der Waals surface area contributed by atoms with E-state index in [9.17, 15) is 13.2 Å². The lowest BCUT2D eigenvalue weighted by Gasteiger charge is -2.35. The number of rotatable bonds is 3. The second-order valence-corrected chi connectivity index (χ2v) is 7.34. The van der Waals surface area contributed by atoms with Crippen molar-refractivity contribution in [2.24, 2.45) is 5.73 Å². The molecule has 1 saturated heterocycles. The zero-order valence-electron chi connectivity index (χ0n) is 10.2. The maximum absolute atomic E-state index is 11.8. The van der Waals surface area contributed by atoms with E-state index in [0.29, 0.717) is 23.6 Å². The zero-order chi connectivity index (χ0) is 14.1. The predicted molar refractivity (Wildman–Crippen MR) is 74.9 cm³/mol. The SMILES string of the molecule is NC(=O)C1(Nc2ccccc2Cl)CCCS(=O)(=O)C1. The highest BCUT2D eigenvalue weighted by atomic mass is 35.5. The standard InChI is InChI=1S/C12H15ClN2O3S/c13-9-4-1-2-5-10(9)15-12(11(14)16)6-3-7-19(17,18)8-12/h1-2,4-5,15H,3,6-8H2,(H2,14,16). The summed E-state index contributed by atoms with van der Waals surface area (Å²) in [7, 11) is -3.27. The molecule has 1 heterocycles. The molecule has 104 valence electrons. The monoisotopic (exact) mass is 302 g/mol. The molecule has 2 rings (SSSR count). The highest BCUT2D eigenvalue weighted by Gasteiger charge is 2.44. The molecule has 1 aromatic carbocycles. The summed E-state index contributed by atoms with van der Waals surface area (Å²) in [5, 5.41) is 3.35. The van der Waals surface area contributed by atoms with Gasteiger partial charge in [-0.3, -0.25) is 4.79 Å². The van der Waals surface area contributed by atoms with Crippen molar-refractivity contribution in [1.29, 1.82) is 0 Å². The number of halogens is 1. The summed E-state index contributed by atoms with van der Waals surface area (Å²) in [4.78, 5) is 11.7. The zero-order valence-corrected chi connectivity index (χ0v) is 11.8. The molecule has 0 aromatic heterocycles. The van der Waals surface area contributed by atoms with Crippen LogP contribution in [0.15, 0.2) is 24.3 Å². The largest absolute Gasteiger partial charge is 0.369 e. The van der Waals surface area contributed by atoms with Crippen LogP contribution in [0.25, 0.3) is 0 Å². The first kappa shape index (κ1) is 14.1. The maximum atomic E-state index is 11.8. The first-order valence-electron chi connectivity index (χ1n) is 5.88. The van der Waals surface area contributed by atoms with Crippen LogP contribution in [0.1, 0.15) is 12.8 Å². The third-order valence-corrected chi connectivity index (χ3v) is 5.42. The lowest BCUT2D eigenvalue weighted by atomic mass is 9.94. The molecule has 19 heavy (non-hydrogen) atoms. The van der Waals surface area contributed by atoms with Crippen molar-refractivity contribution >= 4 is 33.0 Å². The summed E-state index contributed by atoms with van der Waals surface area (Å²) in [6.45, 7) is 0. The van der Waals surface area contributed by atoms with E-state index in [1.165, 1.54) is 0 Å². The minimum Gasteiger partial charge on any atom is -0.369 e. The van der Waals surface area contributed by atoms with Gasteiger partial charge in [0.2, 0.25) is 5.91 Å². The second-order valence-electron chi connectivity index (χ2n) is 4.75. The third kappa shape index (κ3) is 3.01. The molecule has 0 aliphatic carbocycles. The van der Waals surface area contributed by atoms with Gasteiger partial charge in [0, 0.05) is 0 Å². The number of sulfone groups is 1. The van der Waals surface area contributed by atoms with E-state index in [1.807, 2.05) is 0 Å². The number of amides is 1. The minimum absolute atomic E-state index is 0.0895. The number of hydrogen-bond donors (Lipinski definition) is 2. The van der Waals surface area contributed by atoms with Gasteiger partial charge in [-0.2, -0.15) is 0 Å². The number of benzene rings is 1. The average molecular weight is 303 g/mol. The Morgan fingerprint density at radius 1 is 1.37 bits per heavy atom. The van der Waals surface area contributed by atoms with Crippen LogP contribution in [0, 0.1) is 0 Å². The van der Waals surface area contributed by atoms with Gasteiger partial charge in [0.15, 0.2) is 9.84 Å². The van der Waals surface area contributed by atoms with Crippen LogP contribution in [0.3, 0.4) is 0 Å². The fourth-order valence-electron chi connectivity index (χ4n) is 2.29. The Morgan fingerprint density at radius 2 is 2.05 bits per heavy atom. The average Bonchev–Trinajstić information content (AvgIpc) is 2.30. The number of anilines is 1. The molecule has 1 aliphatic rings. The van der Waals surface area contributed by atoms with Gasteiger partial charge in [0.25, 0.3) is 0 Å². The highest BCUT2D eigenvalue weighted by Crippen LogP contribution is 2.30.